The van der Waals surface area contributed by atoms with Crippen molar-refractivity contribution < 1.29 is 18.3 Å². The second-order valence-electron chi connectivity index (χ2n) is 3.32. The molecule has 0 radical (unpaired) electrons. The Labute approximate surface area is 117 Å². The molecule has 7 heteroatoms. The standard InChI is InChI=1S/C11H11BrClF2NO2/c12-8-3-1-2-7(10(8)13)11(17)16-4-5-18-6-9(14)15/h1-3,9H,4-6H2,(H,16,17). The van der Waals surface area contributed by atoms with E-state index in [1.807, 2.05) is 0 Å². The molecule has 1 aromatic carbocycles. The number of nitrogens with one attached hydrogen (secondary N) is 1. The fourth-order valence-electron chi connectivity index (χ4n) is 1.18. The molecule has 0 atom stereocenters. The van der Waals surface area contributed by atoms with Crippen molar-refractivity contribution in [2.45, 2.75) is 6.43 Å². The average Bonchev–Trinajstić information content (AvgIpc) is 2.31. The summed E-state index contributed by atoms with van der Waals surface area (Å²) in [5.41, 5.74) is 0.319. The predicted molar refractivity (Wildman–Crippen MR) is 68.3 cm³/mol. The first-order chi connectivity index (χ1) is 8.52. The number of hydrogen-bond acceptors (Lipinski definition) is 2. The van der Waals surface area contributed by atoms with Gasteiger partial charge in [0.15, 0.2) is 0 Å². The van der Waals surface area contributed by atoms with Crippen LogP contribution in [0, 0.1) is 0 Å². The third-order valence-corrected chi connectivity index (χ3v) is 3.27. The zero-order valence-corrected chi connectivity index (χ0v) is 11.6. The van der Waals surface area contributed by atoms with E-state index >= 15 is 0 Å². The highest BCUT2D eigenvalue weighted by Gasteiger charge is 2.11. The Kier molecular flexibility index (Phi) is 6.52. The first-order valence-electron chi connectivity index (χ1n) is 5.10. The van der Waals surface area contributed by atoms with Crippen LogP contribution >= 0.6 is 27.5 Å². The molecule has 1 aromatic rings. The Morgan fingerprint density at radius 1 is 1.50 bits per heavy atom. The number of benzene rings is 1. The minimum atomic E-state index is -2.50. The maximum atomic E-state index is 11.7. The molecule has 18 heavy (non-hydrogen) atoms. The third-order valence-electron chi connectivity index (χ3n) is 1.97. The fraction of sp³-hybridized carbons (Fsp3) is 0.364. The van der Waals surface area contributed by atoms with Crippen LogP contribution in [0.3, 0.4) is 0 Å². The molecule has 0 bridgehead atoms. The minimum Gasteiger partial charge on any atom is -0.374 e. The van der Waals surface area contributed by atoms with E-state index in [1.165, 1.54) is 0 Å². The maximum absolute atomic E-state index is 11.7. The highest BCUT2D eigenvalue weighted by atomic mass is 79.9. The molecule has 1 N–H and O–H groups in total. The van der Waals surface area contributed by atoms with Crippen molar-refractivity contribution in [3.63, 3.8) is 0 Å². The highest BCUT2D eigenvalue weighted by Crippen LogP contribution is 2.25. The largest absolute Gasteiger partial charge is 0.374 e. The molecule has 0 aliphatic heterocycles. The second-order valence-corrected chi connectivity index (χ2v) is 4.56. The van der Waals surface area contributed by atoms with E-state index in [-0.39, 0.29) is 19.1 Å². The van der Waals surface area contributed by atoms with Gasteiger partial charge >= 0.3 is 0 Å². The molecule has 1 rings (SSSR count). The average molecular weight is 343 g/mol. The monoisotopic (exact) mass is 341 g/mol. The summed E-state index contributed by atoms with van der Waals surface area (Å²) in [6.45, 7) is -0.455. The van der Waals surface area contributed by atoms with Gasteiger partial charge in [0.25, 0.3) is 12.3 Å². The van der Waals surface area contributed by atoms with Crippen molar-refractivity contribution in [3.05, 3.63) is 33.3 Å². The first-order valence-corrected chi connectivity index (χ1v) is 6.27. The fourth-order valence-corrected chi connectivity index (χ4v) is 1.76. The lowest BCUT2D eigenvalue weighted by atomic mass is 10.2. The van der Waals surface area contributed by atoms with Crippen LogP contribution in [0.25, 0.3) is 0 Å². The van der Waals surface area contributed by atoms with Crippen LogP contribution in [-0.2, 0) is 4.74 Å². The summed E-state index contributed by atoms with van der Waals surface area (Å²) < 4.78 is 28.7. The Bertz CT molecular complexity index is 418. The van der Waals surface area contributed by atoms with Crippen molar-refractivity contribution in [2.24, 2.45) is 0 Å². The number of alkyl halides is 2. The Morgan fingerprint density at radius 3 is 2.89 bits per heavy atom. The molecule has 0 spiro atoms. The number of carbonyl (C=O) groups is 1. The minimum absolute atomic E-state index is 0.0295. The molecule has 0 aliphatic rings. The van der Waals surface area contributed by atoms with E-state index in [9.17, 15) is 13.6 Å². The Hall–Kier alpha value is -0.720. The van der Waals surface area contributed by atoms with E-state index in [0.29, 0.717) is 15.1 Å². The predicted octanol–water partition coefficient (Wildman–Crippen LogP) is 3.11. The molecular weight excluding hydrogens is 331 g/mol. The molecule has 0 heterocycles. The molecule has 0 unspecified atom stereocenters. The number of amides is 1. The number of halogens is 4. The molecular formula is C11H11BrClF2NO2. The first kappa shape index (κ1) is 15.3. The van der Waals surface area contributed by atoms with Gasteiger partial charge < -0.3 is 10.1 Å². The van der Waals surface area contributed by atoms with Gasteiger partial charge in [0, 0.05) is 11.0 Å². The normalized spacial score (nSPS) is 10.7. The highest BCUT2D eigenvalue weighted by molar-refractivity contribution is 9.10. The smallest absolute Gasteiger partial charge is 0.261 e. The van der Waals surface area contributed by atoms with Crippen LogP contribution in [0.1, 0.15) is 10.4 Å². The number of carbonyl (C=O) groups excluding carboxylic acids is 1. The van der Waals surface area contributed by atoms with Crippen LogP contribution in [0.15, 0.2) is 22.7 Å². The lowest BCUT2D eigenvalue weighted by molar-refractivity contribution is 0.0188. The molecule has 3 nitrogen and oxygen atoms in total. The van der Waals surface area contributed by atoms with Gasteiger partial charge in [0.2, 0.25) is 0 Å². The van der Waals surface area contributed by atoms with Crippen LogP contribution in [0.5, 0.6) is 0 Å². The van der Waals surface area contributed by atoms with Crippen LogP contribution in [0.4, 0.5) is 8.78 Å². The van der Waals surface area contributed by atoms with Gasteiger partial charge in [0.05, 0.1) is 17.2 Å². The molecule has 100 valence electrons. The Balaban J connectivity index is 2.39. The summed E-state index contributed by atoms with van der Waals surface area (Å²) in [6.07, 6.45) is -2.50. The lowest BCUT2D eigenvalue weighted by Crippen LogP contribution is -2.28. The third kappa shape index (κ3) is 4.88. The van der Waals surface area contributed by atoms with Gasteiger partial charge in [-0.25, -0.2) is 8.78 Å². The molecule has 0 fully saturated rings. The van der Waals surface area contributed by atoms with Crippen molar-refractivity contribution in [1.82, 2.24) is 5.32 Å². The van der Waals surface area contributed by atoms with Gasteiger partial charge in [-0.05, 0) is 28.1 Å². The van der Waals surface area contributed by atoms with Crippen LogP contribution in [-0.4, -0.2) is 32.1 Å². The maximum Gasteiger partial charge on any atom is 0.261 e. The van der Waals surface area contributed by atoms with Gasteiger partial charge in [0.1, 0.15) is 6.61 Å². The van der Waals surface area contributed by atoms with E-state index in [1.54, 1.807) is 18.2 Å². The quantitative estimate of drug-likeness (QED) is 0.807. The Morgan fingerprint density at radius 2 is 2.22 bits per heavy atom. The second kappa shape index (κ2) is 7.66. The topological polar surface area (TPSA) is 38.3 Å². The molecule has 0 aliphatic carbocycles. The number of rotatable bonds is 6. The van der Waals surface area contributed by atoms with Crippen molar-refractivity contribution in [3.8, 4) is 0 Å². The van der Waals surface area contributed by atoms with Crippen LogP contribution in [0.2, 0.25) is 5.02 Å². The van der Waals surface area contributed by atoms with E-state index in [0.717, 1.165) is 0 Å². The van der Waals surface area contributed by atoms with E-state index in [2.05, 4.69) is 26.0 Å². The number of ether oxygens (including phenoxy) is 1. The summed E-state index contributed by atoms with van der Waals surface area (Å²) >= 11 is 9.13. The SMILES string of the molecule is O=C(NCCOCC(F)F)c1cccc(Br)c1Cl. The van der Waals surface area contributed by atoms with Crippen LogP contribution < -0.4 is 5.32 Å². The van der Waals surface area contributed by atoms with Crippen molar-refractivity contribution >= 4 is 33.4 Å². The molecule has 0 saturated heterocycles. The lowest BCUT2D eigenvalue weighted by Gasteiger charge is -2.08. The van der Waals surface area contributed by atoms with Gasteiger partial charge in [-0.1, -0.05) is 17.7 Å². The summed E-state index contributed by atoms with van der Waals surface area (Å²) in [6, 6.07) is 4.96. The summed E-state index contributed by atoms with van der Waals surface area (Å²) in [4.78, 5) is 11.7. The van der Waals surface area contributed by atoms with E-state index < -0.39 is 13.0 Å². The summed E-state index contributed by atoms with van der Waals surface area (Å²) in [7, 11) is 0. The summed E-state index contributed by atoms with van der Waals surface area (Å²) in [5.74, 6) is -0.373. The van der Waals surface area contributed by atoms with E-state index in [4.69, 9.17) is 11.6 Å². The van der Waals surface area contributed by atoms with Gasteiger partial charge in [-0.2, -0.15) is 0 Å². The molecule has 0 saturated carbocycles. The summed E-state index contributed by atoms with van der Waals surface area (Å²) in [5, 5.41) is 2.84. The van der Waals surface area contributed by atoms with Gasteiger partial charge in [-0.15, -0.1) is 0 Å². The zero-order chi connectivity index (χ0) is 13.5. The van der Waals surface area contributed by atoms with Crippen molar-refractivity contribution in [2.75, 3.05) is 19.8 Å². The number of hydrogen-bond donors (Lipinski definition) is 1. The zero-order valence-electron chi connectivity index (χ0n) is 9.26. The molecule has 1 amide bonds. The molecule has 0 aromatic heterocycles. The van der Waals surface area contributed by atoms with Crippen molar-refractivity contribution in [1.29, 1.82) is 0 Å². The van der Waals surface area contributed by atoms with Gasteiger partial charge in [-0.3, -0.25) is 4.79 Å².